The number of methoxy groups -OCH3 is 1. The lowest BCUT2D eigenvalue weighted by Crippen LogP contribution is -2.37. The van der Waals surface area contributed by atoms with E-state index in [9.17, 15) is 8.78 Å². The molecule has 0 aliphatic carbocycles. The highest BCUT2D eigenvalue weighted by molar-refractivity contribution is 5.24. The first-order valence-electron chi connectivity index (χ1n) is 4.21. The van der Waals surface area contributed by atoms with Crippen molar-refractivity contribution < 1.29 is 13.5 Å². The molecule has 2 N–H and O–H groups in total. The fourth-order valence-corrected chi connectivity index (χ4v) is 1.23. The van der Waals surface area contributed by atoms with E-state index in [4.69, 9.17) is 10.5 Å². The number of rotatable bonds is 3. The van der Waals surface area contributed by atoms with Crippen LogP contribution in [0, 0.1) is 11.6 Å². The Morgan fingerprint density at radius 1 is 1.36 bits per heavy atom. The maximum Gasteiger partial charge on any atom is 0.159 e. The molecule has 78 valence electrons. The second-order valence-electron chi connectivity index (χ2n) is 3.48. The Balaban J connectivity index is 3.01. The minimum absolute atomic E-state index is 0.248. The van der Waals surface area contributed by atoms with E-state index in [0.717, 1.165) is 12.1 Å². The third-order valence-electron chi connectivity index (χ3n) is 2.02. The molecule has 0 bridgehead atoms. The summed E-state index contributed by atoms with van der Waals surface area (Å²) in [5.41, 5.74) is 5.56. The van der Waals surface area contributed by atoms with Crippen molar-refractivity contribution in [1.29, 1.82) is 0 Å². The average Bonchev–Trinajstić information content (AvgIpc) is 2.09. The van der Waals surface area contributed by atoms with Crippen LogP contribution in [0.1, 0.15) is 12.5 Å². The first-order chi connectivity index (χ1) is 6.47. The number of halogens is 2. The van der Waals surface area contributed by atoms with Gasteiger partial charge in [-0.1, -0.05) is 6.07 Å². The minimum atomic E-state index is -0.893. The topological polar surface area (TPSA) is 35.2 Å². The van der Waals surface area contributed by atoms with Crippen molar-refractivity contribution >= 4 is 0 Å². The summed E-state index contributed by atoms with van der Waals surface area (Å²) in [4.78, 5) is 0. The zero-order valence-electron chi connectivity index (χ0n) is 8.18. The van der Waals surface area contributed by atoms with Crippen LogP contribution in [0.5, 0.6) is 0 Å². The maximum absolute atomic E-state index is 12.9. The quantitative estimate of drug-likeness (QED) is 0.809. The molecule has 0 fully saturated rings. The second-order valence-corrected chi connectivity index (χ2v) is 3.48. The number of ether oxygens (including phenoxy) is 1. The highest BCUT2D eigenvalue weighted by atomic mass is 19.2. The van der Waals surface area contributed by atoms with Gasteiger partial charge in [-0.2, -0.15) is 0 Å². The predicted molar refractivity (Wildman–Crippen MR) is 49.8 cm³/mol. The van der Waals surface area contributed by atoms with E-state index >= 15 is 0 Å². The van der Waals surface area contributed by atoms with Gasteiger partial charge in [-0.3, -0.25) is 0 Å². The highest BCUT2D eigenvalue weighted by Gasteiger charge is 2.22. The zero-order valence-corrected chi connectivity index (χ0v) is 8.18. The Bertz CT molecular complexity index is 326. The van der Waals surface area contributed by atoms with Gasteiger partial charge >= 0.3 is 0 Å². The van der Waals surface area contributed by atoms with Crippen LogP contribution >= 0.6 is 0 Å². The molecule has 1 atom stereocenters. The van der Waals surface area contributed by atoms with Gasteiger partial charge in [0.2, 0.25) is 0 Å². The summed E-state index contributed by atoms with van der Waals surface area (Å²) >= 11 is 0. The summed E-state index contributed by atoms with van der Waals surface area (Å²) in [6.07, 6.45) is 0. The van der Waals surface area contributed by atoms with Crippen LogP contribution in [0.4, 0.5) is 8.78 Å². The number of nitrogens with two attached hydrogens (primary N) is 1. The van der Waals surface area contributed by atoms with E-state index in [1.54, 1.807) is 6.92 Å². The zero-order chi connectivity index (χ0) is 10.8. The summed E-state index contributed by atoms with van der Waals surface area (Å²) in [6.45, 7) is 1.95. The molecule has 0 spiro atoms. The lowest BCUT2D eigenvalue weighted by molar-refractivity contribution is 0.141. The van der Waals surface area contributed by atoms with E-state index < -0.39 is 17.2 Å². The van der Waals surface area contributed by atoms with Crippen molar-refractivity contribution in [1.82, 2.24) is 0 Å². The van der Waals surface area contributed by atoms with Crippen LogP contribution in [-0.2, 0) is 10.3 Å². The van der Waals surface area contributed by atoms with E-state index in [-0.39, 0.29) is 6.61 Å². The largest absolute Gasteiger partial charge is 0.382 e. The van der Waals surface area contributed by atoms with Crippen molar-refractivity contribution in [3.8, 4) is 0 Å². The van der Waals surface area contributed by atoms with Gasteiger partial charge in [-0.25, -0.2) is 8.78 Å². The van der Waals surface area contributed by atoms with Crippen LogP contribution in [0.25, 0.3) is 0 Å². The second kappa shape index (κ2) is 4.02. The monoisotopic (exact) mass is 201 g/mol. The molecule has 1 aromatic carbocycles. The molecule has 1 rings (SSSR count). The summed E-state index contributed by atoms with van der Waals surface area (Å²) in [5.74, 6) is -1.77. The van der Waals surface area contributed by atoms with Crippen LogP contribution in [-0.4, -0.2) is 13.7 Å². The number of hydrogen-bond donors (Lipinski definition) is 1. The maximum atomic E-state index is 12.9. The van der Waals surface area contributed by atoms with Crippen molar-refractivity contribution in [3.05, 3.63) is 35.4 Å². The molecule has 0 aliphatic heterocycles. The molecule has 0 radical (unpaired) electrons. The van der Waals surface area contributed by atoms with Gasteiger partial charge < -0.3 is 10.5 Å². The average molecular weight is 201 g/mol. The van der Waals surface area contributed by atoms with E-state index in [2.05, 4.69) is 0 Å². The molecule has 0 saturated heterocycles. The Morgan fingerprint density at radius 2 is 2.00 bits per heavy atom. The van der Waals surface area contributed by atoms with Gasteiger partial charge in [0, 0.05) is 7.11 Å². The molecular formula is C10H13F2NO. The Morgan fingerprint density at radius 3 is 2.50 bits per heavy atom. The minimum Gasteiger partial charge on any atom is -0.382 e. The van der Waals surface area contributed by atoms with Gasteiger partial charge in [-0.05, 0) is 24.6 Å². The molecule has 4 heteroatoms. The fourth-order valence-electron chi connectivity index (χ4n) is 1.23. The molecule has 0 aromatic heterocycles. The van der Waals surface area contributed by atoms with Gasteiger partial charge in [0.05, 0.1) is 12.1 Å². The Kier molecular flexibility index (Phi) is 3.18. The van der Waals surface area contributed by atoms with Crippen molar-refractivity contribution in [2.24, 2.45) is 5.73 Å². The first kappa shape index (κ1) is 11.1. The fraction of sp³-hybridized carbons (Fsp3) is 0.400. The van der Waals surface area contributed by atoms with Gasteiger partial charge in [-0.15, -0.1) is 0 Å². The first-order valence-corrected chi connectivity index (χ1v) is 4.21. The smallest absolute Gasteiger partial charge is 0.159 e. The van der Waals surface area contributed by atoms with Crippen molar-refractivity contribution in [2.75, 3.05) is 13.7 Å². The van der Waals surface area contributed by atoms with E-state index in [1.807, 2.05) is 0 Å². The molecule has 1 aromatic rings. The molecule has 14 heavy (non-hydrogen) atoms. The van der Waals surface area contributed by atoms with E-state index in [1.165, 1.54) is 13.2 Å². The van der Waals surface area contributed by atoms with E-state index in [0.29, 0.717) is 5.56 Å². The van der Waals surface area contributed by atoms with Crippen LogP contribution < -0.4 is 5.73 Å². The number of benzene rings is 1. The highest BCUT2D eigenvalue weighted by Crippen LogP contribution is 2.20. The molecule has 1 unspecified atom stereocenters. The van der Waals surface area contributed by atoms with Gasteiger partial charge in [0.25, 0.3) is 0 Å². The third-order valence-corrected chi connectivity index (χ3v) is 2.02. The Labute approximate surface area is 81.7 Å². The predicted octanol–water partition coefficient (Wildman–Crippen LogP) is 1.79. The third kappa shape index (κ3) is 2.27. The summed E-state index contributed by atoms with van der Waals surface area (Å²) in [5, 5.41) is 0. The van der Waals surface area contributed by atoms with Crippen molar-refractivity contribution in [3.63, 3.8) is 0 Å². The standard InChI is InChI=1S/C10H13F2NO/c1-10(13,6-14-2)7-3-4-8(11)9(12)5-7/h3-5H,6,13H2,1-2H3. The van der Waals surface area contributed by atoms with Gasteiger partial charge in [0.1, 0.15) is 0 Å². The molecule has 0 saturated carbocycles. The summed E-state index contributed by atoms with van der Waals surface area (Å²) in [6, 6.07) is 3.61. The Hall–Kier alpha value is -1.00. The molecule has 0 aliphatic rings. The number of hydrogen-bond acceptors (Lipinski definition) is 2. The molecule has 0 heterocycles. The van der Waals surface area contributed by atoms with Gasteiger partial charge in [0.15, 0.2) is 11.6 Å². The van der Waals surface area contributed by atoms with Crippen LogP contribution in [0.15, 0.2) is 18.2 Å². The summed E-state index contributed by atoms with van der Waals surface area (Å²) < 4.78 is 30.4. The summed E-state index contributed by atoms with van der Waals surface area (Å²) in [7, 11) is 1.50. The molecule has 0 amide bonds. The normalized spacial score (nSPS) is 15.2. The lowest BCUT2D eigenvalue weighted by atomic mass is 9.94. The van der Waals surface area contributed by atoms with Crippen molar-refractivity contribution in [2.45, 2.75) is 12.5 Å². The molecule has 2 nitrogen and oxygen atoms in total. The molecular weight excluding hydrogens is 188 g/mol. The van der Waals surface area contributed by atoms with Crippen LogP contribution in [0.3, 0.4) is 0 Å². The lowest BCUT2D eigenvalue weighted by Gasteiger charge is -2.24. The SMILES string of the molecule is COCC(C)(N)c1ccc(F)c(F)c1. The van der Waals surface area contributed by atoms with Crippen LogP contribution in [0.2, 0.25) is 0 Å².